The van der Waals surface area contributed by atoms with Crippen LogP contribution in [-0.2, 0) is 0 Å². The van der Waals surface area contributed by atoms with Crippen LogP contribution in [0.15, 0.2) is 48.6 Å². The molecule has 4 rings (SSSR count). The minimum Gasteiger partial charge on any atom is -0.377 e. The van der Waals surface area contributed by atoms with Gasteiger partial charge >= 0.3 is 0 Å². The number of nitrogens with zero attached hydrogens (tertiary/aromatic N) is 1. The number of halogens is 1. The highest BCUT2D eigenvalue weighted by Crippen LogP contribution is 2.51. The van der Waals surface area contributed by atoms with Crippen LogP contribution in [0.2, 0.25) is 5.02 Å². The van der Waals surface area contributed by atoms with Crippen LogP contribution < -0.4 is 5.32 Å². The summed E-state index contributed by atoms with van der Waals surface area (Å²) in [5.41, 5.74) is 4.52. The van der Waals surface area contributed by atoms with Gasteiger partial charge in [-0.3, -0.25) is 10.1 Å². The molecule has 0 spiro atoms. The third-order valence-electron chi connectivity index (χ3n) is 5.07. The topological polar surface area (TPSA) is 55.2 Å². The first-order valence-electron chi connectivity index (χ1n) is 8.02. The maximum Gasteiger partial charge on any atom is 0.269 e. The molecule has 4 nitrogen and oxygen atoms in total. The minimum absolute atomic E-state index is 0.0530. The molecule has 0 fully saturated rings. The summed E-state index contributed by atoms with van der Waals surface area (Å²) in [4.78, 5) is 10.8. The van der Waals surface area contributed by atoms with Crippen LogP contribution in [0.1, 0.15) is 35.1 Å². The van der Waals surface area contributed by atoms with E-state index in [1.165, 1.54) is 11.6 Å². The van der Waals surface area contributed by atoms with Crippen molar-refractivity contribution in [1.82, 2.24) is 0 Å². The van der Waals surface area contributed by atoms with Crippen molar-refractivity contribution in [2.24, 2.45) is 5.92 Å². The van der Waals surface area contributed by atoms with Crippen molar-refractivity contribution >= 4 is 23.0 Å². The summed E-state index contributed by atoms with van der Waals surface area (Å²) < 4.78 is 0. The number of rotatable bonds is 2. The van der Waals surface area contributed by atoms with Gasteiger partial charge in [-0.2, -0.15) is 0 Å². The summed E-state index contributed by atoms with van der Waals surface area (Å²) in [6, 6.07) is 11.0. The molecule has 122 valence electrons. The lowest BCUT2D eigenvalue weighted by Crippen LogP contribution is -2.29. The molecule has 0 radical (unpaired) electrons. The van der Waals surface area contributed by atoms with Gasteiger partial charge in [0, 0.05) is 28.8 Å². The van der Waals surface area contributed by atoms with Crippen molar-refractivity contribution in [3.8, 4) is 0 Å². The van der Waals surface area contributed by atoms with Crippen LogP contribution in [0.5, 0.6) is 0 Å². The fourth-order valence-electron chi connectivity index (χ4n) is 4.00. The van der Waals surface area contributed by atoms with Crippen LogP contribution in [0, 0.1) is 23.0 Å². The zero-order chi connectivity index (χ0) is 16.8. The van der Waals surface area contributed by atoms with Gasteiger partial charge in [-0.15, -0.1) is 0 Å². The van der Waals surface area contributed by atoms with Gasteiger partial charge in [0.25, 0.3) is 5.69 Å². The van der Waals surface area contributed by atoms with Crippen molar-refractivity contribution in [2.45, 2.75) is 25.3 Å². The van der Waals surface area contributed by atoms with E-state index >= 15 is 0 Å². The SMILES string of the molecule is Cc1cc(Cl)cc2c1N[C@H](c1cccc([N+](=O)[O-])c1)[C@H]1CC=C[C@H]21. The van der Waals surface area contributed by atoms with E-state index in [1.54, 1.807) is 12.1 Å². The van der Waals surface area contributed by atoms with E-state index < -0.39 is 0 Å². The summed E-state index contributed by atoms with van der Waals surface area (Å²) in [5.74, 6) is 0.639. The molecule has 0 aromatic heterocycles. The molecule has 2 aliphatic rings. The first-order chi connectivity index (χ1) is 11.5. The lowest BCUT2D eigenvalue weighted by Gasteiger charge is -2.38. The Bertz CT molecular complexity index is 862. The molecule has 2 aromatic carbocycles. The summed E-state index contributed by atoms with van der Waals surface area (Å²) in [6.07, 6.45) is 5.40. The lowest BCUT2D eigenvalue weighted by molar-refractivity contribution is -0.384. The minimum atomic E-state index is -0.338. The second-order valence-corrected chi connectivity index (χ2v) is 6.95. The fraction of sp³-hybridized carbons (Fsp3) is 0.263. The number of non-ortho nitro benzene ring substituents is 1. The Kier molecular flexibility index (Phi) is 3.57. The second kappa shape index (κ2) is 5.64. The number of hydrogen-bond acceptors (Lipinski definition) is 3. The maximum atomic E-state index is 11.1. The van der Waals surface area contributed by atoms with Crippen molar-refractivity contribution in [3.05, 3.63) is 80.4 Å². The Balaban J connectivity index is 1.81. The van der Waals surface area contributed by atoms with Crippen LogP contribution in [0.4, 0.5) is 11.4 Å². The Labute approximate surface area is 145 Å². The molecule has 0 bridgehead atoms. The van der Waals surface area contributed by atoms with E-state index in [4.69, 9.17) is 11.6 Å². The van der Waals surface area contributed by atoms with Gasteiger partial charge in [-0.05, 0) is 48.1 Å². The van der Waals surface area contributed by atoms with E-state index in [1.807, 2.05) is 25.1 Å². The standard InChI is InChI=1S/C19H17ClN2O2/c1-11-8-13(20)10-17-15-6-3-7-16(15)19(21-18(11)17)12-4-2-5-14(9-12)22(23)24/h2-6,8-10,15-16,19,21H,7H2,1H3/t15-,16-,19+/m0/s1. The zero-order valence-electron chi connectivity index (χ0n) is 13.2. The van der Waals surface area contributed by atoms with Crippen LogP contribution in [0.25, 0.3) is 0 Å². The first kappa shape index (κ1) is 15.2. The van der Waals surface area contributed by atoms with Crippen LogP contribution in [-0.4, -0.2) is 4.92 Å². The molecule has 2 aromatic rings. The van der Waals surface area contributed by atoms with Gasteiger partial charge in [0.1, 0.15) is 0 Å². The van der Waals surface area contributed by atoms with Gasteiger partial charge in [-0.25, -0.2) is 0 Å². The average molecular weight is 341 g/mol. The smallest absolute Gasteiger partial charge is 0.269 e. The molecule has 0 unspecified atom stereocenters. The molecule has 1 N–H and O–H groups in total. The summed E-state index contributed by atoms with van der Waals surface area (Å²) in [5, 5.41) is 15.5. The van der Waals surface area contributed by atoms with Crippen molar-refractivity contribution in [1.29, 1.82) is 0 Å². The number of anilines is 1. The number of nitro groups is 1. The third-order valence-corrected chi connectivity index (χ3v) is 5.29. The number of allylic oxidation sites excluding steroid dienone is 2. The molecule has 24 heavy (non-hydrogen) atoms. The number of aryl methyl sites for hydroxylation is 1. The molecule has 5 heteroatoms. The number of hydrogen-bond donors (Lipinski definition) is 1. The average Bonchev–Trinajstić information content (AvgIpc) is 3.04. The van der Waals surface area contributed by atoms with Crippen molar-refractivity contribution in [3.63, 3.8) is 0 Å². The second-order valence-electron chi connectivity index (χ2n) is 6.51. The van der Waals surface area contributed by atoms with Gasteiger partial charge in [-0.1, -0.05) is 35.9 Å². The normalized spacial score (nSPS) is 24.2. The predicted molar refractivity (Wildman–Crippen MR) is 95.6 cm³/mol. The van der Waals surface area contributed by atoms with Crippen molar-refractivity contribution < 1.29 is 4.92 Å². The number of nitrogens with one attached hydrogen (secondary N) is 1. The third kappa shape index (κ3) is 2.38. The summed E-state index contributed by atoms with van der Waals surface area (Å²) in [6.45, 7) is 2.04. The predicted octanol–water partition coefficient (Wildman–Crippen LogP) is 5.38. The largest absolute Gasteiger partial charge is 0.377 e. The van der Waals surface area contributed by atoms with Crippen LogP contribution >= 0.6 is 11.6 Å². The molecule has 1 heterocycles. The zero-order valence-corrected chi connectivity index (χ0v) is 14.0. The summed E-state index contributed by atoms with van der Waals surface area (Å²) in [7, 11) is 0. The van der Waals surface area contributed by atoms with Crippen LogP contribution in [0.3, 0.4) is 0 Å². The van der Waals surface area contributed by atoms with E-state index in [0.29, 0.717) is 11.8 Å². The lowest BCUT2D eigenvalue weighted by atomic mass is 9.76. The van der Waals surface area contributed by atoms with Gasteiger partial charge in [0.2, 0.25) is 0 Å². The van der Waals surface area contributed by atoms with Crippen molar-refractivity contribution in [2.75, 3.05) is 5.32 Å². The van der Waals surface area contributed by atoms with E-state index in [-0.39, 0.29) is 16.7 Å². The highest BCUT2D eigenvalue weighted by atomic mass is 35.5. The molecular weight excluding hydrogens is 324 g/mol. The molecule has 0 saturated heterocycles. The van der Waals surface area contributed by atoms with E-state index in [9.17, 15) is 10.1 Å². The molecule has 1 aliphatic heterocycles. The Morgan fingerprint density at radius 3 is 2.92 bits per heavy atom. The maximum absolute atomic E-state index is 11.1. The van der Waals surface area contributed by atoms with E-state index in [2.05, 4.69) is 17.5 Å². The molecule has 0 saturated carbocycles. The van der Waals surface area contributed by atoms with Gasteiger partial charge in [0.05, 0.1) is 11.0 Å². The van der Waals surface area contributed by atoms with Gasteiger partial charge < -0.3 is 5.32 Å². The Morgan fingerprint density at radius 2 is 2.12 bits per heavy atom. The Hall–Kier alpha value is -2.33. The van der Waals surface area contributed by atoms with Gasteiger partial charge in [0.15, 0.2) is 0 Å². The quantitative estimate of drug-likeness (QED) is 0.453. The summed E-state index contributed by atoms with van der Waals surface area (Å²) >= 11 is 6.25. The number of fused-ring (bicyclic) bond motifs is 3. The molecule has 0 amide bonds. The fourth-order valence-corrected chi connectivity index (χ4v) is 4.28. The Morgan fingerprint density at radius 1 is 1.29 bits per heavy atom. The molecular formula is C19H17ClN2O2. The first-order valence-corrected chi connectivity index (χ1v) is 8.40. The highest BCUT2D eigenvalue weighted by Gasteiger charge is 2.38. The number of nitro benzene ring substituents is 1. The number of benzene rings is 2. The van der Waals surface area contributed by atoms with E-state index in [0.717, 1.165) is 28.3 Å². The molecule has 1 aliphatic carbocycles. The monoisotopic (exact) mass is 340 g/mol. The molecule has 3 atom stereocenters. The highest BCUT2D eigenvalue weighted by molar-refractivity contribution is 6.30.